The Morgan fingerprint density at radius 2 is 2.10 bits per heavy atom. The van der Waals surface area contributed by atoms with E-state index in [0.29, 0.717) is 5.15 Å². The van der Waals surface area contributed by atoms with Crippen LogP contribution in [-0.4, -0.2) is 23.9 Å². The molecule has 0 bridgehead atoms. The van der Waals surface area contributed by atoms with Crippen LogP contribution >= 0.6 is 11.6 Å². The van der Waals surface area contributed by atoms with E-state index in [4.69, 9.17) is 16.3 Å². The van der Waals surface area contributed by atoms with Crippen LogP contribution in [0.2, 0.25) is 5.15 Å². The first-order chi connectivity index (χ1) is 10.3. The van der Waals surface area contributed by atoms with Crippen molar-refractivity contribution in [1.29, 1.82) is 0 Å². The lowest BCUT2D eigenvalue weighted by atomic mass is 9.99. The highest BCUT2D eigenvalue weighted by Crippen LogP contribution is 2.29. The first-order valence-corrected chi connectivity index (χ1v) is 7.25. The van der Waals surface area contributed by atoms with E-state index in [9.17, 15) is 0 Å². The molecule has 1 aromatic heterocycles. The third kappa shape index (κ3) is 3.16. The highest BCUT2D eigenvalue weighted by Gasteiger charge is 2.15. The normalized spacial score (nSPS) is 14.8. The van der Waals surface area contributed by atoms with Gasteiger partial charge in [0, 0.05) is 12.7 Å². The number of halogens is 1. The van der Waals surface area contributed by atoms with Crippen LogP contribution in [0.5, 0.6) is 5.75 Å². The predicted octanol–water partition coefficient (Wildman–Crippen LogP) is 3.78. The molecule has 1 aliphatic heterocycles. The molecule has 0 fully saturated rings. The Hall–Kier alpha value is -2.07. The number of aromatic nitrogens is 2. The smallest absolute Gasteiger partial charge is 0.155 e. The fraction of sp³-hybridized carbons (Fsp3) is 0.250. The third-order valence-corrected chi connectivity index (χ3v) is 3.71. The monoisotopic (exact) mass is 301 g/mol. The van der Waals surface area contributed by atoms with Gasteiger partial charge in [0.25, 0.3) is 0 Å². The topological polar surface area (TPSA) is 38.2 Å². The van der Waals surface area contributed by atoms with Crippen LogP contribution in [0.25, 0.3) is 5.57 Å². The van der Waals surface area contributed by atoms with E-state index >= 15 is 0 Å². The number of allylic oxidation sites excluding steroid dienone is 1. The van der Waals surface area contributed by atoms with Crippen molar-refractivity contribution in [2.45, 2.75) is 12.8 Å². The second kappa shape index (κ2) is 6.14. The molecule has 5 heteroatoms. The number of ether oxygens (including phenoxy) is 1. The number of methoxy groups -OCH3 is 1. The zero-order chi connectivity index (χ0) is 14.7. The van der Waals surface area contributed by atoms with Gasteiger partial charge in [-0.1, -0.05) is 23.7 Å². The van der Waals surface area contributed by atoms with Gasteiger partial charge in [0.15, 0.2) is 11.0 Å². The molecule has 0 saturated heterocycles. The summed E-state index contributed by atoms with van der Waals surface area (Å²) in [5.41, 5.74) is 2.46. The molecule has 1 aliphatic rings. The van der Waals surface area contributed by atoms with Gasteiger partial charge in [-0.3, -0.25) is 0 Å². The molecule has 3 rings (SSSR count). The fourth-order valence-electron chi connectivity index (χ4n) is 2.44. The summed E-state index contributed by atoms with van der Waals surface area (Å²) in [6.45, 7) is 0.934. The van der Waals surface area contributed by atoms with Gasteiger partial charge in [-0.15, -0.1) is 10.2 Å². The Labute approximate surface area is 129 Å². The molecule has 0 N–H and O–H groups in total. The lowest BCUT2D eigenvalue weighted by Crippen LogP contribution is -2.23. The molecule has 0 atom stereocenters. The van der Waals surface area contributed by atoms with Crippen molar-refractivity contribution in [2.75, 3.05) is 18.6 Å². The van der Waals surface area contributed by atoms with E-state index in [1.165, 1.54) is 11.1 Å². The van der Waals surface area contributed by atoms with Crippen molar-refractivity contribution in [2.24, 2.45) is 0 Å². The molecule has 2 aromatic rings. The highest BCUT2D eigenvalue weighted by molar-refractivity contribution is 6.29. The molecular formula is C16H16ClN3O. The van der Waals surface area contributed by atoms with Gasteiger partial charge in [-0.25, -0.2) is 0 Å². The largest absolute Gasteiger partial charge is 0.497 e. The molecule has 4 nitrogen and oxygen atoms in total. The van der Waals surface area contributed by atoms with Crippen LogP contribution in [0.4, 0.5) is 5.82 Å². The van der Waals surface area contributed by atoms with Gasteiger partial charge in [0.05, 0.1) is 7.11 Å². The first-order valence-electron chi connectivity index (χ1n) is 6.87. The Kier molecular flexibility index (Phi) is 4.06. The van der Waals surface area contributed by atoms with Crippen molar-refractivity contribution in [1.82, 2.24) is 10.2 Å². The summed E-state index contributed by atoms with van der Waals surface area (Å²) in [5.74, 6) is 1.69. The SMILES string of the molecule is COc1cccc(C2=CN(c3ccc(Cl)nn3)CCC2)c1. The van der Waals surface area contributed by atoms with E-state index in [0.717, 1.165) is 31.0 Å². The number of benzene rings is 1. The average Bonchev–Trinajstić information content (AvgIpc) is 2.56. The van der Waals surface area contributed by atoms with Crippen LogP contribution < -0.4 is 9.64 Å². The van der Waals surface area contributed by atoms with Gasteiger partial charge >= 0.3 is 0 Å². The zero-order valence-corrected chi connectivity index (χ0v) is 12.5. The zero-order valence-electron chi connectivity index (χ0n) is 11.8. The van der Waals surface area contributed by atoms with E-state index in [1.807, 2.05) is 18.2 Å². The van der Waals surface area contributed by atoms with E-state index in [2.05, 4.69) is 33.4 Å². The second-order valence-electron chi connectivity index (χ2n) is 4.90. The predicted molar refractivity (Wildman–Crippen MR) is 84.6 cm³/mol. The van der Waals surface area contributed by atoms with Crippen molar-refractivity contribution in [3.63, 3.8) is 0 Å². The minimum absolute atomic E-state index is 0.410. The molecule has 0 amide bonds. The van der Waals surface area contributed by atoms with Crippen molar-refractivity contribution in [3.05, 3.63) is 53.3 Å². The van der Waals surface area contributed by atoms with Crippen LogP contribution in [-0.2, 0) is 0 Å². The van der Waals surface area contributed by atoms with Crippen molar-refractivity contribution in [3.8, 4) is 5.75 Å². The van der Waals surface area contributed by atoms with Gasteiger partial charge in [0.1, 0.15) is 5.75 Å². The van der Waals surface area contributed by atoms with E-state index in [1.54, 1.807) is 13.2 Å². The maximum atomic E-state index is 5.79. The molecule has 0 unspecified atom stereocenters. The van der Waals surface area contributed by atoms with Gasteiger partial charge < -0.3 is 9.64 Å². The summed E-state index contributed by atoms with van der Waals surface area (Å²) in [7, 11) is 1.68. The quantitative estimate of drug-likeness (QED) is 0.865. The van der Waals surface area contributed by atoms with Crippen LogP contribution in [0, 0.1) is 0 Å². The standard InChI is InChI=1S/C16H16ClN3O/c1-21-14-6-2-4-12(10-14)13-5-3-9-20(11-13)16-8-7-15(17)18-19-16/h2,4,6-8,10-11H,3,5,9H2,1H3. The second-order valence-corrected chi connectivity index (χ2v) is 5.28. The molecule has 0 radical (unpaired) electrons. The Morgan fingerprint density at radius 1 is 1.19 bits per heavy atom. The first kappa shape index (κ1) is 13.9. The molecule has 1 aromatic carbocycles. The van der Waals surface area contributed by atoms with E-state index < -0.39 is 0 Å². The van der Waals surface area contributed by atoms with E-state index in [-0.39, 0.29) is 0 Å². The van der Waals surface area contributed by atoms with Gasteiger partial charge in [-0.05, 0) is 48.2 Å². The summed E-state index contributed by atoms with van der Waals surface area (Å²) >= 11 is 5.79. The Bertz CT molecular complexity index is 655. The summed E-state index contributed by atoms with van der Waals surface area (Å²) in [6, 6.07) is 11.8. The lowest BCUT2D eigenvalue weighted by molar-refractivity contribution is 0.414. The molecule has 2 heterocycles. The minimum Gasteiger partial charge on any atom is -0.497 e. The highest BCUT2D eigenvalue weighted by atomic mass is 35.5. The molecule has 21 heavy (non-hydrogen) atoms. The average molecular weight is 302 g/mol. The lowest BCUT2D eigenvalue weighted by Gasteiger charge is -2.25. The van der Waals surface area contributed by atoms with Crippen LogP contribution in [0.3, 0.4) is 0 Å². The summed E-state index contributed by atoms with van der Waals surface area (Å²) in [4.78, 5) is 2.11. The molecule has 108 valence electrons. The van der Waals surface area contributed by atoms with Gasteiger partial charge in [-0.2, -0.15) is 0 Å². The van der Waals surface area contributed by atoms with Gasteiger partial charge in [0.2, 0.25) is 0 Å². The summed E-state index contributed by atoms with van der Waals surface area (Å²) < 4.78 is 5.29. The summed E-state index contributed by atoms with van der Waals surface area (Å²) in [5, 5.41) is 8.45. The van der Waals surface area contributed by atoms with Crippen LogP contribution in [0.1, 0.15) is 18.4 Å². The number of nitrogens with zero attached hydrogens (tertiary/aromatic N) is 3. The number of hydrogen-bond acceptors (Lipinski definition) is 4. The number of rotatable bonds is 3. The molecular weight excluding hydrogens is 286 g/mol. The molecule has 0 saturated carbocycles. The maximum absolute atomic E-state index is 5.79. The maximum Gasteiger partial charge on any atom is 0.155 e. The Balaban J connectivity index is 1.90. The number of anilines is 1. The van der Waals surface area contributed by atoms with Crippen molar-refractivity contribution < 1.29 is 4.74 Å². The summed E-state index contributed by atoms with van der Waals surface area (Å²) in [6.07, 6.45) is 4.26. The number of hydrogen-bond donors (Lipinski definition) is 0. The molecule has 0 aliphatic carbocycles. The van der Waals surface area contributed by atoms with Crippen molar-refractivity contribution >= 4 is 23.0 Å². The minimum atomic E-state index is 0.410. The van der Waals surface area contributed by atoms with Crippen LogP contribution in [0.15, 0.2) is 42.6 Å². The third-order valence-electron chi connectivity index (χ3n) is 3.51. The Morgan fingerprint density at radius 3 is 2.86 bits per heavy atom. The molecule has 0 spiro atoms. The fourth-order valence-corrected chi connectivity index (χ4v) is 2.54.